The fraction of sp³-hybridized carbons (Fsp3) is 0.958. The van der Waals surface area contributed by atoms with E-state index >= 15 is 0 Å². The van der Waals surface area contributed by atoms with Crippen LogP contribution in [0, 0.1) is 0 Å². The van der Waals surface area contributed by atoms with Gasteiger partial charge in [-0.05, 0) is 32.4 Å². The molecule has 0 aromatic carbocycles. The Balaban J connectivity index is 3.83. The summed E-state index contributed by atoms with van der Waals surface area (Å²) in [6.07, 6.45) is 21.2. The number of rotatable bonds is 21. The Labute approximate surface area is 170 Å². The van der Waals surface area contributed by atoms with Crippen LogP contribution in [0.2, 0.25) is 0 Å². The van der Waals surface area contributed by atoms with Crippen molar-refractivity contribution in [2.75, 3.05) is 13.1 Å². The average Bonchev–Trinajstić information content (AvgIpc) is 2.66. The van der Waals surface area contributed by atoms with Crippen LogP contribution in [0.3, 0.4) is 0 Å². The lowest BCUT2D eigenvalue weighted by molar-refractivity contribution is -0.143. The van der Waals surface area contributed by atoms with Crippen LogP contribution in [0.4, 0.5) is 0 Å². The van der Waals surface area contributed by atoms with Crippen molar-refractivity contribution in [3.05, 3.63) is 0 Å². The molecule has 27 heavy (non-hydrogen) atoms. The molecule has 0 aliphatic carbocycles. The predicted molar refractivity (Wildman–Crippen MR) is 119 cm³/mol. The first-order valence-corrected chi connectivity index (χ1v) is 12.1. The van der Waals surface area contributed by atoms with Crippen LogP contribution < -0.4 is 0 Å². The fourth-order valence-electron chi connectivity index (χ4n) is 3.79. The first-order valence-electron chi connectivity index (χ1n) is 12.1. The van der Waals surface area contributed by atoms with Gasteiger partial charge in [-0.3, -0.25) is 9.69 Å². The molecule has 1 atom stereocenters. The summed E-state index contributed by atoms with van der Waals surface area (Å²) in [7, 11) is 0. The van der Waals surface area contributed by atoms with E-state index in [0.717, 1.165) is 51.6 Å². The lowest BCUT2D eigenvalue weighted by atomic mass is 10.0. The van der Waals surface area contributed by atoms with Crippen LogP contribution in [0.1, 0.15) is 130 Å². The number of unbranched alkanes of at least 4 members (excludes halogenated alkanes) is 13. The Kier molecular flexibility index (Phi) is 19.7. The number of aliphatic carboxylic acids is 1. The molecule has 1 N–H and O–H groups in total. The SMILES string of the molecule is CCCCCCCCCCCCCCC(C(=O)O)N(CCCC)CCCC. The second-order valence-electron chi connectivity index (χ2n) is 8.27. The molecule has 162 valence electrons. The van der Waals surface area contributed by atoms with Gasteiger partial charge in [-0.15, -0.1) is 0 Å². The maximum atomic E-state index is 11.8. The maximum Gasteiger partial charge on any atom is 0.320 e. The van der Waals surface area contributed by atoms with E-state index in [9.17, 15) is 9.90 Å². The zero-order chi connectivity index (χ0) is 20.2. The maximum absolute atomic E-state index is 11.8. The summed E-state index contributed by atoms with van der Waals surface area (Å²) in [4.78, 5) is 14.0. The summed E-state index contributed by atoms with van der Waals surface area (Å²) in [6.45, 7) is 8.50. The van der Waals surface area contributed by atoms with Crippen LogP contribution in [-0.4, -0.2) is 35.1 Å². The summed E-state index contributed by atoms with van der Waals surface area (Å²) < 4.78 is 0. The van der Waals surface area contributed by atoms with Crippen molar-refractivity contribution in [1.29, 1.82) is 0 Å². The first-order chi connectivity index (χ1) is 13.2. The zero-order valence-corrected chi connectivity index (χ0v) is 18.8. The molecule has 3 nitrogen and oxygen atoms in total. The minimum atomic E-state index is -0.620. The van der Waals surface area contributed by atoms with Gasteiger partial charge >= 0.3 is 5.97 Å². The van der Waals surface area contributed by atoms with E-state index in [4.69, 9.17) is 0 Å². The summed E-state index contributed by atoms with van der Waals surface area (Å²) in [6, 6.07) is -0.272. The predicted octanol–water partition coefficient (Wildman–Crippen LogP) is 7.43. The van der Waals surface area contributed by atoms with Crippen LogP contribution in [-0.2, 0) is 4.79 Å². The van der Waals surface area contributed by atoms with Gasteiger partial charge in [0.15, 0.2) is 0 Å². The van der Waals surface area contributed by atoms with E-state index < -0.39 is 5.97 Å². The zero-order valence-electron chi connectivity index (χ0n) is 18.8. The third-order valence-electron chi connectivity index (χ3n) is 5.65. The highest BCUT2D eigenvalue weighted by atomic mass is 16.4. The molecule has 0 aliphatic rings. The molecule has 0 amide bonds. The summed E-state index contributed by atoms with van der Waals surface area (Å²) in [5.41, 5.74) is 0. The lowest BCUT2D eigenvalue weighted by Gasteiger charge is -2.28. The minimum Gasteiger partial charge on any atom is -0.480 e. The van der Waals surface area contributed by atoms with Gasteiger partial charge < -0.3 is 5.11 Å². The summed E-state index contributed by atoms with van der Waals surface area (Å²) >= 11 is 0. The van der Waals surface area contributed by atoms with E-state index in [1.54, 1.807) is 0 Å². The lowest BCUT2D eigenvalue weighted by Crippen LogP contribution is -2.42. The molecule has 0 aliphatic heterocycles. The Hall–Kier alpha value is -0.570. The van der Waals surface area contributed by atoms with E-state index in [1.165, 1.54) is 70.6 Å². The molecule has 0 saturated heterocycles. The van der Waals surface area contributed by atoms with E-state index in [-0.39, 0.29) is 6.04 Å². The fourth-order valence-corrected chi connectivity index (χ4v) is 3.79. The molecular weight excluding hydrogens is 334 g/mol. The molecule has 0 aromatic rings. The summed E-state index contributed by atoms with van der Waals surface area (Å²) in [5, 5.41) is 9.68. The van der Waals surface area contributed by atoms with Crippen molar-refractivity contribution in [2.24, 2.45) is 0 Å². The molecule has 0 heterocycles. The molecule has 1 unspecified atom stereocenters. The topological polar surface area (TPSA) is 40.5 Å². The number of carboxylic acids is 1. The smallest absolute Gasteiger partial charge is 0.320 e. The van der Waals surface area contributed by atoms with Crippen molar-refractivity contribution in [3.8, 4) is 0 Å². The number of nitrogens with zero attached hydrogens (tertiary/aromatic N) is 1. The van der Waals surface area contributed by atoms with Crippen LogP contribution in [0.15, 0.2) is 0 Å². The van der Waals surface area contributed by atoms with Gasteiger partial charge in [0.2, 0.25) is 0 Å². The van der Waals surface area contributed by atoms with Gasteiger partial charge in [-0.25, -0.2) is 0 Å². The number of carbonyl (C=O) groups is 1. The second-order valence-corrected chi connectivity index (χ2v) is 8.27. The van der Waals surface area contributed by atoms with Crippen molar-refractivity contribution in [3.63, 3.8) is 0 Å². The van der Waals surface area contributed by atoms with E-state index in [0.29, 0.717) is 0 Å². The Morgan fingerprint density at radius 1 is 0.630 bits per heavy atom. The van der Waals surface area contributed by atoms with Gasteiger partial charge in [0, 0.05) is 0 Å². The van der Waals surface area contributed by atoms with E-state index in [2.05, 4.69) is 25.7 Å². The van der Waals surface area contributed by atoms with Gasteiger partial charge in [0.25, 0.3) is 0 Å². The molecule has 0 radical (unpaired) electrons. The Morgan fingerprint density at radius 2 is 1.00 bits per heavy atom. The molecule has 0 aromatic heterocycles. The molecule has 3 heteroatoms. The van der Waals surface area contributed by atoms with Crippen molar-refractivity contribution < 1.29 is 9.90 Å². The van der Waals surface area contributed by atoms with E-state index in [1.807, 2.05) is 0 Å². The highest BCUT2D eigenvalue weighted by molar-refractivity contribution is 5.73. The second kappa shape index (κ2) is 20.2. The third kappa shape index (κ3) is 16.1. The molecule has 0 bridgehead atoms. The quantitative estimate of drug-likeness (QED) is 0.209. The van der Waals surface area contributed by atoms with Crippen molar-refractivity contribution in [1.82, 2.24) is 4.90 Å². The highest BCUT2D eigenvalue weighted by Gasteiger charge is 2.24. The molecule has 0 saturated carbocycles. The highest BCUT2D eigenvalue weighted by Crippen LogP contribution is 2.16. The Morgan fingerprint density at radius 3 is 1.37 bits per heavy atom. The number of hydrogen-bond acceptors (Lipinski definition) is 2. The normalized spacial score (nSPS) is 12.6. The molecule has 0 fully saturated rings. The summed E-state index contributed by atoms with van der Waals surface area (Å²) in [5.74, 6) is -0.620. The van der Waals surface area contributed by atoms with Crippen LogP contribution >= 0.6 is 0 Å². The standard InChI is InChI=1S/C24H49NO2/c1-4-7-10-11-12-13-14-15-16-17-18-19-20-23(24(26)27)25(21-8-5-2)22-9-6-3/h23H,4-22H2,1-3H3,(H,26,27). The molecule has 0 spiro atoms. The van der Waals surface area contributed by atoms with Crippen LogP contribution in [0.25, 0.3) is 0 Å². The number of carboxylic acid groups (broad SMARTS) is 1. The van der Waals surface area contributed by atoms with Gasteiger partial charge in [-0.1, -0.05) is 111 Å². The first kappa shape index (κ1) is 26.4. The minimum absolute atomic E-state index is 0.272. The van der Waals surface area contributed by atoms with Gasteiger partial charge in [0.05, 0.1) is 0 Å². The number of hydrogen-bond donors (Lipinski definition) is 1. The van der Waals surface area contributed by atoms with Gasteiger partial charge in [-0.2, -0.15) is 0 Å². The third-order valence-corrected chi connectivity index (χ3v) is 5.65. The Bertz CT molecular complexity index is 312. The van der Waals surface area contributed by atoms with Crippen molar-refractivity contribution in [2.45, 2.75) is 136 Å². The van der Waals surface area contributed by atoms with Crippen molar-refractivity contribution >= 4 is 5.97 Å². The van der Waals surface area contributed by atoms with Gasteiger partial charge in [0.1, 0.15) is 6.04 Å². The molecular formula is C24H49NO2. The monoisotopic (exact) mass is 383 g/mol. The largest absolute Gasteiger partial charge is 0.480 e. The van der Waals surface area contributed by atoms with Crippen LogP contribution in [0.5, 0.6) is 0 Å². The molecule has 0 rings (SSSR count). The average molecular weight is 384 g/mol.